The van der Waals surface area contributed by atoms with Gasteiger partial charge in [0.2, 0.25) is 0 Å². The van der Waals surface area contributed by atoms with Gasteiger partial charge in [-0.15, -0.1) is 22.7 Å². The van der Waals surface area contributed by atoms with Crippen LogP contribution in [0.25, 0.3) is 98.3 Å². The third-order valence-electron chi connectivity index (χ3n) is 10.2. The van der Waals surface area contributed by atoms with Crippen molar-refractivity contribution in [2.75, 3.05) is 0 Å². The lowest BCUT2D eigenvalue weighted by atomic mass is 9.84. The minimum atomic E-state index is 1.03. The zero-order chi connectivity index (χ0) is 35.8. The standard InChI is InChI=1S/C50H32N2S2/c1-3-9-33(10-4-1)40-29-41(34-11-5-2-6-12-34)31-42(30-40)39-23-24-45-46(32-39)48(36-17-21-38(22-18-36)50-52-26-28-54-50)44-14-8-7-13-43(44)47(45)35-15-19-37(20-16-35)49-51-25-27-53-49/h1-32H. The largest absolute Gasteiger partial charge is 0.245 e. The van der Waals surface area contributed by atoms with Crippen LogP contribution >= 0.6 is 22.7 Å². The molecule has 0 aliphatic heterocycles. The maximum Gasteiger partial charge on any atom is 0.123 e. The molecule has 0 saturated heterocycles. The minimum Gasteiger partial charge on any atom is -0.245 e. The van der Waals surface area contributed by atoms with Gasteiger partial charge < -0.3 is 0 Å². The van der Waals surface area contributed by atoms with Crippen LogP contribution in [0.2, 0.25) is 0 Å². The highest BCUT2D eigenvalue weighted by Gasteiger charge is 2.19. The fraction of sp³-hybridized carbons (Fsp3) is 0. The molecule has 2 aromatic heterocycles. The van der Waals surface area contributed by atoms with Crippen molar-refractivity contribution in [3.8, 4) is 76.8 Å². The van der Waals surface area contributed by atoms with Gasteiger partial charge in [-0.3, -0.25) is 0 Å². The van der Waals surface area contributed by atoms with Crippen LogP contribution in [0.3, 0.4) is 0 Å². The van der Waals surface area contributed by atoms with E-state index in [1.165, 1.54) is 77.2 Å². The summed E-state index contributed by atoms with van der Waals surface area (Å²) in [5.41, 5.74) is 14.3. The lowest BCUT2D eigenvalue weighted by Gasteiger charge is -2.19. The summed E-state index contributed by atoms with van der Waals surface area (Å²) in [5, 5.41) is 11.0. The summed E-state index contributed by atoms with van der Waals surface area (Å²) in [7, 11) is 0. The first-order valence-corrected chi connectivity index (χ1v) is 19.8. The first-order chi connectivity index (χ1) is 26.8. The van der Waals surface area contributed by atoms with Crippen LogP contribution in [0.5, 0.6) is 0 Å². The Morgan fingerprint density at radius 1 is 0.278 bits per heavy atom. The SMILES string of the molecule is c1ccc(-c2cc(-c3ccccc3)cc(-c3ccc4c(-c5ccc(-c6nccs6)cc5)c5ccccc5c(-c5ccc(-c6nccs6)cc5)c4c3)c2)cc1. The second-order valence-corrected chi connectivity index (χ2v) is 15.2. The Hall–Kier alpha value is -6.46. The molecule has 4 heteroatoms. The van der Waals surface area contributed by atoms with Crippen LogP contribution < -0.4 is 0 Å². The smallest absolute Gasteiger partial charge is 0.123 e. The Kier molecular flexibility index (Phi) is 8.25. The number of hydrogen-bond donors (Lipinski definition) is 0. The van der Waals surface area contributed by atoms with Crippen molar-refractivity contribution < 1.29 is 0 Å². The summed E-state index contributed by atoms with van der Waals surface area (Å²) in [4.78, 5) is 9.14. The third-order valence-corrected chi connectivity index (χ3v) is 11.9. The molecule has 0 spiro atoms. The zero-order valence-electron chi connectivity index (χ0n) is 29.2. The number of nitrogens with zero attached hydrogens (tertiary/aromatic N) is 2. The van der Waals surface area contributed by atoms with Crippen molar-refractivity contribution in [2.45, 2.75) is 0 Å². The molecule has 0 aliphatic carbocycles. The number of aromatic nitrogens is 2. The van der Waals surface area contributed by atoms with Crippen molar-refractivity contribution in [1.82, 2.24) is 9.97 Å². The molecule has 0 radical (unpaired) electrons. The zero-order valence-corrected chi connectivity index (χ0v) is 30.8. The van der Waals surface area contributed by atoms with Crippen molar-refractivity contribution >= 4 is 44.2 Å². The topological polar surface area (TPSA) is 25.8 Å². The van der Waals surface area contributed by atoms with E-state index >= 15 is 0 Å². The molecule has 254 valence electrons. The quantitative estimate of drug-likeness (QED) is 0.153. The van der Waals surface area contributed by atoms with Gasteiger partial charge in [-0.05, 0) is 101 Å². The molecule has 0 bridgehead atoms. The predicted octanol–water partition coefficient (Wildman–Crippen LogP) is 14.6. The molecular weight excluding hydrogens is 693 g/mol. The van der Waals surface area contributed by atoms with Crippen molar-refractivity contribution in [2.24, 2.45) is 0 Å². The Bertz CT molecular complexity index is 2820. The molecule has 8 aromatic carbocycles. The monoisotopic (exact) mass is 724 g/mol. The van der Waals surface area contributed by atoms with Gasteiger partial charge in [0.05, 0.1) is 0 Å². The summed E-state index contributed by atoms with van der Waals surface area (Å²) >= 11 is 3.33. The van der Waals surface area contributed by atoms with Gasteiger partial charge in [0.15, 0.2) is 0 Å². The normalized spacial score (nSPS) is 11.3. The summed E-state index contributed by atoms with van der Waals surface area (Å²) in [6.07, 6.45) is 3.74. The van der Waals surface area contributed by atoms with Gasteiger partial charge in [0.1, 0.15) is 10.0 Å². The van der Waals surface area contributed by atoms with E-state index in [2.05, 4.69) is 180 Å². The number of hydrogen-bond acceptors (Lipinski definition) is 4. The second-order valence-electron chi connectivity index (χ2n) is 13.4. The van der Waals surface area contributed by atoms with Gasteiger partial charge in [-0.2, -0.15) is 0 Å². The molecule has 2 nitrogen and oxygen atoms in total. The number of thiazole rings is 2. The van der Waals surface area contributed by atoms with E-state index in [4.69, 9.17) is 0 Å². The van der Waals surface area contributed by atoms with Crippen LogP contribution in [0, 0.1) is 0 Å². The third kappa shape index (κ3) is 5.92. The molecule has 0 aliphatic rings. The van der Waals surface area contributed by atoms with Crippen LogP contribution in [0.1, 0.15) is 0 Å². The Morgan fingerprint density at radius 3 is 1.13 bits per heavy atom. The lowest BCUT2D eigenvalue weighted by Crippen LogP contribution is -1.92. The highest BCUT2D eigenvalue weighted by molar-refractivity contribution is 7.13. The number of rotatable bonds is 7. The van der Waals surface area contributed by atoms with Gasteiger partial charge in [-0.1, -0.05) is 146 Å². The molecule has 0 unspecified atom stereocenters. The average molecular weight is 725 g/mol. The molecule has 10 aromatic rings. The molecule has 0 saturated carbocycles. The summed E-state index contributed by atoms with van der Waals surface area (Å²) in [5.74, 6) is 0. The molecule has 54 heavy (non-hydrogen) atoms. The van der Waals surface area contributed by atoms with E-state index < -0.39 is 0 Å². The van der Waals surface area contributed by atoms with Crippen molar-refractivity contribution in [3.05, 3.63) is 193 Å². The second kappa shape index (κ2) is 13.8. The van der Waals surface area contributed by atoms with E-state index in [9.17, 15) is 0 Å². The number of fused-ring (bicyclic) bond motifs is 2. The lowest BCUT2D eigenvalue weighted by molar-refractivity contribution is 1.41. The van der Waals surface area contributed by atoms with E-state index in [0.29, 0.717) is 0 Å². The molecule has 0 amide bonds. The first-order valence-electron chi connectivity index (χ1n) is 18.0. The molecule has 0 fully saturated rings. The van der Waals surface area contributed by atoms with Gasteiger partial charge in [0.25, 0.3) is 0 Å². The highest BCUT2D eigenvalue weighted by atomic mass is 32.1. The summed E-state index contributed by atoms with van der Waals surface area (Å²) in [6.45, 7) is 0. The van der Waals surface area contributed by atoms with Gasteiger partial charge in [-0.25, -0.2) is 9.97 Å². The van der Waals surface area contributed by atoms with Crippen LogP contribution in [-0.2, 0) is 0 Å². The minimum absolute atomic E-state index is 1.03. The first kappa shape index (κ1) is 32.2. The van der Waals surface area contributed by atoms with E-state index in [0.717, 1.165) is 21.1 Å². The Labute approximate surface area is 322 Å². The fourth-order valence-electron chi connectivity index (χ4n) is 7.66. The Balaban J connectivity index is 1.23. The summed E-state index contributed by atoms with van der Waals surface area (Å²) < 4.78 is 0. The maximum atomic E-state index is 4.57. The van der Waals surface area contributed by atoms with Gasteiger partial charge >= 0.3 is 0 Å². The molecular formula is C50H32N2S2. The van der Waals surface area contributed by atoms with Gasteiger partial charge in [0, 0.05) is 34.3 Å². The van der Waals surface area contributed by atoms with Crippen molar-refractivity contribution in [3.63, 3.8) is 0 Å². The highest BCUT2D eigenvalue weighted by Crippen LogP contribution is 2.46. The molecule has 0 atom stereocenters. The van der Waals surface area contributed by atoms with E-state index in [1.807, 2.05) is 23.2 Å². The molecule has 10 rings (SSSR count). The van der Waals surface area contributed by atoms with Crippen LogP contribution in [-0.4, -0.2) is 9.97 Å². The van der Waals surface area contributed by atoms with Crippen LogP contribution in [0.15, 0.2) is 193 Å². The predicted molar refractivity (Wildman–Crippen MR) is 231 cm³/mol. The average Bonchev–Trinajstić information content (AvgIpc) is 4.00. The summed E-state index contributed by atoms with van der Waals surface area (Å²) in [6, 6.07) is 62.2. The van der Waals surface area contributed by atoms with E-state index in [1.54, 1.807) is 22.7 Å². The number of benzene rings is 8. The molecule has 2 heterocycles. The fourth-order valence-corrected chi connectivity index (χ4v) is 8.95. The maximum absolute atomic E-state index is 4.57. The Morgan fingerprint density at radius 2 is 0.667 bits per heavy atom. The van der Waals surface area contributed by atoms with Crippen LogP contribution in [0.4, 0.5) is 0 Å². The molecule has 0 N–H and O–H groups in total. The van der Waals surface area contributed by atoms with Crippen molar-refractivity contribution in [1.29, 1.82) is 0 Å². The van der Waals surface area contributed by atoms with E-state index in [-0.39, 0.29) is 0 Å².